The van der Waals surface area contributed by atoms with Crippen molar-refractivity contribution in [3.63, 3.8) is 0 Å². The van der Waals surface area contributed by atoms with Gasteiger partial charge in [0.05, 0.1) is 0 Å². The van der Waals surface area contributed by atoms with Crippen molar-refractivity contribution in [1.29, 1.82) is 0 Å². The Balaban J connectivity index is 2.15. The molecule has 1 aliphatic rings. The molecule has 0 aromatic heterocycles. The summed E-state index contributed by atoms with van der Waals surface area (Å²) >= 11 is 0.230. The molecule has 0 amide bonds. The van der Waals surface area contributed by atoms with Crippen molar-refractivity contribution in [3.8, 4) is 0 Å². The van der Waals surface area contributed by atoms with E-state index in [0.717, 1.165) is 0 Å². The molecule has 0 saturated carbocycles. The molecular weight excluding hydrogens is 227 g/mol. The Morgan fingerprint density at radius 3 is 2.67 bits per heavy atom. The van der Waals surface area contributed by atoms with Crippen LogP contribution >= 0.6 is 20.7 Å². The monoisotopic (exact) mass is 240 g/mol. The molecule has 1 aliphatic heterocycles. The highest BCUT2D eigenvalue weighted by Gasteiger charge is 2.05. The van der Waals surface area contributed by atoms with Crippen molar-refractivity contribution in [3.05, 3.63) is 0 Å². The van der Waals surface area contributed by atoms with Crippen LogP contribution in [-0.4, -0.2) is 40.1 Å². The van der Waals surface area contributed by atoms with Crippen molar-refractivity contribution < 1.29 is 0 Å². The van der Waals surface area contributed by atoms with E-state index in [9.17, 15) is 0 Å². The average molecular weight is 240 g/mol. The molecule has 9 heavy (non-hydrogen) atoms. The lowest BCUT2D eigenvalue weighted by atomic mass is 10.4. The molecule has 0 aliphatic carbocycles. The highest BCUT2D eigenvalue weighted by Crippen LogP contribution is 1.99. The molecule has 2 nitrogen and oxygen atoms in total. The largest absolute Gasteiger partial charge is 0.314 e. The Bertz CT molecular complexity index is 89.1. The van der Waals surface area contributed by atoms with Gasteiger partial charge in [0.25, 0.3) is 0 Å². The summed E-state index contributed by atoms with van der Waals surface area (Å²) in [6.07, 6.45) is 0. The van der Waals surface area contributed by atoms with Crippen LogP contribution in [0.1, 0.15) is 0 Å². The number of alkyl halides is 1. The van der Waals surface area contributed by atoms with Gasteiger partial charge in [0, 0.05) is 30.7 Å². The third-order valence-corrected chi connectivity index (χ3v) is 2.91. The van der Waals surface area contributed by atoms with Crippen molar-refractivity contribution >= 4 is 25.2 Å². The van der Waals surface area contributed by atoms with E-state index in [4.69, 9.17) is 0 Å². The lowest BCUT2D eigenvalue weighted by Crippen LogP contribution is -2.42. The van der Waals surface area contributed by atoms with Crippen LogP contribution in [0.25, 0.3) is 0 Å². The Morgan fingerprint density at radius 2 is 2.11 bits per heavy atom. The molecular formula is C6H13IN2. The summed E-state index contributed by atoms with van der Waals surface area (Å²) in [7, 11) is 0. The summed E-state index contributed by atoms with van der Waals surface area (Å²) in [6.45, 7) is 4.80. The predicted octanol–water partition coefficient (Wildman–Crippen LogP) is 0.252. The van der Waals surface area contributed by atoms with Gasteiger partial charge in [-0.25, -0.2) is 0 Å². The van der Waals surface area contributed by atoms with Crippen molar-refractivity contribution in [2.75, 3.05) is 30.7 Å². The summed E-state index contributed by atoms with van der Waals surface area (Å²) in [5, 5.41) is 3.32. The molecule has 1 N–H and O–H groups in total. The normalized spacial score (nSPS) is 22.2. The fourth-order valence-corrected chi connectivity index (χ4v) is 2.31. The number of hydrogen-bond donors (Lipinski definition) is 1. The minimum absolute atomic E-state index is 0.230. The lowest BCUT2D eigenvalue weighted by molar-refractivity contribution is 0.286. The fourth-order valence-electron chi connectivity index (χ4n) is 0.950. The van der Waals surface area contributed by atoms with E-state index in [-0.39, 0.29) is 20.7 Å². The SMILES string of the molecule is C=ICN1CCNCC1. The molecule has 3 heteroatoms. The first-order valence-electron chi connectivity index (χ1n) is 3.19. The number of halogens is 1. The van der Waals surface area contributed by atoms with E-state index >= 15 is 0 Å². The zero-order chi connectivity index (χ0) is 6.53. The maximum absolute atomic E-state index is 3.93. The van der Waals surface area contributed by atoms with Crippen LogP contribution in [0.2, 0.25) is 0 Å². The van der Waals surface area contributed by atoms with E-state index in [0.29, 0.717) is 0 Å². The summed E-state index contributed by atoms with van der Waals surface area (Å²) in [5.41, 5.74) is 0. The van der Waals surface area contributed by atoms with Gasteiger partial charge in [0.1, 0.15) is 0 Å². The second-order valence-electron chi connectivity index (χ2n) is 2.18. The van der Waals surface area contributed by atoms with E-state index < -0.39 is 0 Å². The molecule has 0 bridgehead atoms. The third-order valence-electron chi connectivity index (χ3n) is 1.46. The average Bonchev–Trinajstić information content (AvgIpc) is 1.91. The van der Waals surface area contributed by atoms with Gasteiger partial charge in [-0.1, -0.05) is 4.51 Å². The highest BCUT2D eigenvalue weighted by molar-refractivity contribution is 14.2. The molecule has 1 saturated heterocycles. The van der Waals surface area contributed by atoms with Gasteiger partial charge >= 0.3 is 0 Å². The minimum Gasteiger partial charge on any atom is -0.314 e. The number of piperazine rings is 1. The molecule has 0 unspecified atom stereocenters. The number of nitrogens with one attached hydrogen (secondary N) is 1. The van der Waals surface area contributed by atoms with Crippen molar-refractivity contribution in [2.45, 2.75) is 0 Å². The first kappa shape index (κ1) is 7.63. The van der Waals surface area contributed by atoms with E-state index in [1.165, 1.54) is 30.7 Å². The van der Waals surface area contributed by atoms with E-state index in [1.54, 1.807) is 0 Å². The molecule has 0 aromatic carbocycles. The Kier molecular flexibility index (Phi) is 3.69. The highest BCUT2D eigenvalue weighted by atomic mass is 127. The zero-order valence-corrected chi connectivity index (χ0v) is 7.73. The van der Waals surface area contributed by atoms with Gasteiger partial charge in [-0.05, 0) is 0 Å². The van der Waals surface area contributed by atoms with E-state index in [1.807, 2.05) is 0 Å². The Hall–Kier alpha value is 0.520. The molecule has 1 rings (SSSR count). The minimum atomic E-state index is 0.230. The smallest absolute Gasteiger partial charge is 0.0453 e. The number of rotatable bonds is 2. The molecule has 1 heterocycles. The molecule has 54 valence electrons. The third kappa shape index (κ3) is 2.73. The zero-order valence-electron chi connectivity index (χ0n) is 5.57. The number of nitrogens with zero attached hydrogens (tertiary/aromatic N) is 1. The van der Waals surface area contributed by atoms with Gasteiger partial charge < -0.3 is 5.32 Å². The molecule has 1 fully saturated rings. The second-order valence-corrected chi connectivity index (χ2v) is 3.94. The summed E-state index contributed by atoms with van der Waals surface area (Å²) in [5.74, 6) is 0. The first-order chi connectivity index (χ1) is 4.43. The quantitative estimate of drug-likeness (QED) is 0.423. The van der Waals surface area contributed by atoms with Crippen LogP contribution in [-0.2, 0) is 0 Å². The summed E-state index contributed by atoms with van der Waals surface area (Å²) in [4.78, 5) is 2.50. The fraction of sp³-hybridized carbons (Fsp3) is 0.833. The van der Waals surface area contributed by atoms with Crippen LogP contribution in [0.3, 0.4) is 0 Å². The van der Waals surface area contributed by atoms with Crippen LogP contribution in [0.5, 0.6) is 0 Å². The Morgan fingerprint density at radius 1 is 1.44 bits per heavy atom. The van der Waals surface area contributed by atoms with Gasteiger partial charge in [0.2, 0.25) is 0 Å². The molecule has 0 spiro atoms. The van der Waals surface area contributed by atoms with Crippen LogP contribution in [0.4, 0.5) is 0 Å². The summed E-state index contributed by atoms with van der Waals surface area (Å²) in [6, 6.07) is 0. The number of hydrogen-bond acceptors (Lipinski definition) is 2. The topological polar surface area (TPSA) is 15.3 Å². The predicted molar refractivity (Wildman–Crippen MR) is 50.5 cm³/mol. The Labute approximate surface area is 66.4 Å². The van der Waals surface area contributed by atoms with Crippen LogP contribution in [0, 0.1) is 0 Å². The van der Waals surface area contributed by atoms with Crippen LogP contribution < -0.4 is 5.32 Å². The van der Waals surface area contributed by atoms with Crippen molar-refractivity contribution in [1.82, 2.24) is 10.2 Å². The molecule has 0 aromatic rings. The maximum Gasteiger partial charge on any atom is 0.0453 e. The van der Waals surface area contributed by atoms with Crippen LogP contribution in [0.15, 0.2) is 0 Å². The standard InChI is InChI=1S/C6H13IN2/c1-7-6-9-4-2-8-3-5-9/h8H,1-6H2. The second kappa shape index (κ2) is 4.35. The van der Waals surface area contributed by atoms with Crippen molar-refractivity contribution in [2.24, 2.45) is 0 Å². The van der Waals surface area contributed by atoms with Gasteiger partial charge in [0.15, 0.2) is 0 Å². The van der Waals surface area contributed by atoms with Gasteiger partial charge in [-0.2, -0.15) is 0 Å². The van der Waals surface area contributed by atoms with Gasteiger partial charge in [-0.3, -0.25) is 4.90 Å². The molecule has 0 atom stereocenters. The van der Waals surface area contributed by atoms with Gasteiger partial charge in [-0.15, -0.1) is 20.7 Å². The lowest BCUT2D eigenvalue weighted by Gasteiger charge is -2.25. The summed E-state index contributed by atoms with van der Waals surface area (Å²) < 4.78 is 5.21. The first-order valence-corrected chi connectivity index (χ1v) is 6.24. The molecule has 0 radical (unpaired) electrons. The maximum atomic E-state index is 3.93. The van der Waals surface area contributed by atoms with E-state index in [2.05, 4.69) is 14.7 Å².